The Bertz CT molecular complexity index is 715. The molecule has 1 aliphatic rings. The van der Waals surface area contributed by atoms with Crippen molar-refractivity contribution in [2.75, 3.05) is 13.1 Å². The Balaban J connectivity index is 2.14. The molecule has 1 aromatic carbocycles. The largest absolute Gasteiger partial charge is 0.354 e. The van der Waals surface area contributed by atoms with Gasteiger partial charge in [-0.25, -0.2) is 13.1 Å². The third-order valence-electron chi connectivity index (χ3n) is 3.41. The van der Waals surface area contributed by atoms with Crippen LogP contribution in [0.5, 0.6) is 0 Å². The zero-order valence-electron chi connectivity index (χ0n) is 12.5. The fraction of sp³-hybridized carbons (Fsp3) is 0.333. The Labute approximate surface area is 135 Å². The number of amides is 2. The summed E-state index contributed by atoms with van der Waals surface area (Å²) in [5, 5.41) is 5.30. The van der Waals surface area contributed by atoms with E-state index in [4.69, 9.17) is 0 Å². The van der Waals surface area contributed by atoms with Crippen LogP contribution in [0.4, 0.5) is 0 Å². The summed E-state index contributed by atoms with van der Waals surface area (Å²) in [7, 11) is -3.70. The highest BCUT2D eigenvalue weighted by Crippen LogP contribution is 2.12. The summed E-state index contributed by atoms with van der Waals surface area (Å²) in [6.45, 7) is 4.15. The lowest BCUT2D eigenvalue weighted by molar-refractivity contribution is -0.124. The summed E-state index contributed by atoms with van der Waals surface area (Å²) in [4.78, 5) is 23.9. The Morgan fingerprint density at radius 3 is 2.91 bits per heavy atom. The van der Waals surface area contributed by atoms with Crippen molar-refractivity contribution in [2.45, 2.75) is 23.8 Å². The Kier molecular flexibility index (Phi) is 5.51. The van der Waals surface area contributed by atoms with Gasteiger partial charge in [-0.1, -0.05) is 12.1 Å². The lowest BCUT2D eigenvalue weighted by Gasteiger charge is -2.22. The molecular weight excluding hydrogens is 318 g/mol. The van der Waals surface area contributed by atoms with E-state index in [-0.39, 0.29) is 22.9 Å². The first kappa shape index (κ1) is 17.2. The van der Waals surface area contributed by atoms with Crippen LogP contribution in [0.25, 0.3) is 0 Å². The average Bonchev–Trinajstić information content (AvgIpc) is 2.55. The second kappa shape index (κ2) is 7.38. The maximum absolute atomic E-state index is 12.2. The summed E-state index contributed by atoms with van der Waals surface area (Å²) < 4.78 is 26.4. The van der Waals surface area contributed by atoms with E-state index in [0.717, 1.165) is 6.42 Å². The van der Waals surface area contributed by atoms with Crippen LogP contribution in [0.1, 0.15) is 23.2 Å². The van der Waals surface area contributed by atoms with Crippen molar-refractivity contribution in [1.82, 2.24) is 15.4 Å². The molecule has 0 aromatic heterocycles. The molecule has 1 aromatic rings. The molecule has 1 heterocycles. The van der Waals surface area contributed by atoms with Gasteiger partial charge in [-0.2, -0.15) is 0 Å². The topological polar surface area (TPSA) is 104 Å². The van der Waals surface area contributed by atoms with E-state index in [0.29, 0.717) is 13.0 Å². The van der Waals surface area contributed by atoms with E-state index in [1.165, 1.54) is 30.3 Å². The van der Waals surface area contributed by atoms with Gasteiger partial charge in [-0.3, -0.25) is 9.59 Å². The minimum atomic E-state index is -3.70. The molecule has 3 N–H and O–H groups in total. The fourth-order valence-corrected chi connectivity index (χ4v) is 3.25. The standard InChI is InChI=1S/C15H19N3O4S/c1-2-8-17-23(21,22)12-6-3-5-11(10-12)14(19)18-13-7-4-9-16-15(13)20/h2-3,5-6,10,13,17H,1,4,7-9H2,(H,16,20)(H,18,19). The molecule has 1 aliphatic heterocycles. The zero-order chi connectivity index (χ0) is 16.9. The Morgan fingerprint density at radius 2 is 2.22 bits per heavy atom. The molecule has 0 bridgehead atoms. The summed E-state index contributed by atoms with van der Waals surface area (Å²) >= 11 is 0. The van der Waals surface area contributed by atoms with Crippen LogP contribution < -0.4 is 15.4 Å². The van der Waals surface area contributed by atoms with Crippen molar-refractivity contribution >= 4 is 21.8 Å². The molecular formula is C15H19N3O4S. The van der Waals surface area contributed by atoms with Gasteiger partial charge in [-0.05, 0) is 31.0 Å². The van der Waals surface area contributed by atoms with Gasteiger partial charge >= 0.3 is 0 Å². The molecule has 1 saturated heterocycles. The van der Waals surface area contributed by atoms with Crippen LogP contribution in [0.2, 0.25) is 0 Å². The molecule has 23 heavy (non-hydrogen) atoms. The maximum Gasteiger partial charge on any atom is 0.251 e. The molecule has 1 unspecified atom stereocenters. The van der Waals surface area contributed by atoms with Crippen LogP contribution >= 0.6 is 0 Å². The fourth-order valence-electron chi connectivity index (χ4n) is 2.21. The van der Waals surface area contributed by atoms with Crippen LogP contribution in [0, 0.1) is 0 Å². The van der Waals surface area contributed by atoms with Gasteiger partial charge in [0.15, 0.2) is 0 Å². The van der Waals surface area contributed by atoms with Gasteiger partial charge < -0.3 is 10.6 Å². The number of piperidine rings is 1. The van der Waals surface area contributed by atoms with E-state index in [2.05, 4.69) is 21.9 Å². The quantitative estimate of drug-likeness (QED) is 0.643. The number of sulfonamides is 1. The number of rotatable bonds is 6. The molecule has 0 saturated carbocycles. The minimum Gasteiger partial charge on any atom is -0.354 e. The third kappa shape index (κ3) is 4.40. The molecule has 1 fully saturated rings. The molecule has 7 nitrogen and oxygen atoms in total. The summed E-state index contributed by atoms with van der Waals surface area (Å²) in [6, 6.07) is 5.08. The average molecular weight is 337 g/mol. The van der Waals surface area contributed by atoms with Crippen molar-refractivity contribution in [3.63, 3.8) is 0 Å². The lowest BCUT2D eigenvalue weighted by Crippen LogP contribution is -2.50. The normalized spacial score (nSPS) is 18.1. The van der Waals surface area contributed by atoms with E-state index in [9.17, 15) is 18.0 Å². The van der Waals surface area contributed by atoms with E-state index in [1.54, 1.807) is 0 Å². The molecule has 1 atom stereocenters. The van der Waals surface area contributed by atoms with Gasteiger partial charge in [0.2, 0.25) is 15.9 Å². The minimum absolute atomic E-state index is 0.0138. The molecule has 8 heteroatoms. The van der Waals surface area contributed by atoms with Gasteiger partial charge in [0, 0.05) is 18.7 Å². The van der Waals surface area contributed by atoms with Gasteiger partial charge in [-0.15, -0.1) is 6.58 Å². The molecule has 124 valence electrons. The predicted molar refractivity (Wildman–Crippen MR) is 85.3 cm³/mol. The molecule has 2 rings (SSSR count). The smallest absolute Gasteiger partial charge is 0.251 e. The van der Waals surface area contributed by atoms with Crippen LogP contribution in [-0.2, 0) is 14.8 Å². The van der Waals surface area contributed by atoms with E-state index < -0.39 is 22.0 Å². The van der Waals surface area contributed by atoms with Crippen LogP contribution in [0.15, 0.2) is 41.8 Å². The van der Waals surface area contributed by atoms with Crippen molar-refractivity contribution < 1.29 is 18.0 Å². The first-order valence-electron chi connectivity index (χ1n) is 7.23. The monoisotopic (exact) mass is 337 g/mol. The Morgan fingerprint density at radius 1 is 1.43 bits per heavy atom. The predicted octanol–water partition coefficient (Wildman–Crippen LogP) is 0.159. The van der Waals surface area contributed by atoms with Crippen molar-refractivity contribution in [2.24, 2.45) is 0 Å². The summed E-state index contributed by atoms with van der Waals surface area (Å²) in [5.74, 6) is -0.700. The summed E-state index contributed by atoms with van der Waals surface area (Å²) in [5.41, 5.74) is 0.185. The highest BCUT2D eigenvalue weighted by atomic mass is 32.2. The van der Waals surface area contributed by atoms with E-state index in [1.807, 2.05) is 0 Å². The van der Waals surface area contributed by atoms with Crippen molar-refractivity contribution in [1.29, 1.82) is 0 Å². The maximum atomic E-state index is 12.2. The van der Waals surface area contributed by atoms with Gasteiger partial charge in [0.1, 0.15) is 6.04 Å². The first-order chi connectivity index (χ1) is 10.9. The number of hydrogen-bond donors (Lipinski definition) is 3. The molecule has 0 aliphatic carbocycles. The lowest BCUT2D eigenvalue weighted by atomic mass is 10.1. The number of hydrogen-bond acceptors (Lipinski definition) is 4. The highest BCUT2D eigenvalue weighted by Gasteiger charge is 2.24. The second-order valence-corrected chi connectivity index (χ2v) is 6.89. The zero-order valence-corrected chi connectivity index (χ0v) is 13.4. The van der Waals surface area contributed by atoms with Crippen molar-refractivity contribution in [3.8, 4) is 0 Å². The second-order valence-electron chi connectivity index (χ2n) is 5.13. The van der Waals surface area contributed by atoms with Gasteiger partial charge in [0.25, 0.3) is 5.91 Å². The first-order valence-corrected chi connectivity index (χ1v) is 8.71. The van der Waals surface area contributed by atoms with Crippen LogP contribution in [-0.4, -0.2) is 39.4 Å². The molecule has 0 spiro atoms. The van der Waals surface area contributed by atoms with Crippen molar-refractivity contribution in [3.05, 3.63) is 42.5 Å². The van der Waals surface area contributed by atoms with Gasteiger partial charge in [0.05, 0.1) is 4.90 Å². The number of benzene rings is 1. The number of carbonyl (C=O) groups is 2. The molecule has 0 radical (unpaired) electrons. The molecule has 2 amide bonds. The SMILES string of the molecule is C=CCNS(=O)(=O)c1cccc(C(=O)NC2CCCNC2=O)c1. The van der Waals surface area contributed by atoms with E-state index >= 15 is 0 Å². The number of nitrogens with one attached hydrogen (secondary N) is 3. The highest BCUT2D eigenvalue weighted by molar-refractivity contribution is 7.89. The Hall–Kier alpha value is -2.19. The summed E-state index contributed by atoms with van der Waals surface area (Å²) in [6.07, 6.45) is 2.78. The van der Waals surface area contributed by atoms with Crippen LogP contribution in [0.3, 0.4) is 0 Å². The third-order valence-corrected chi connectivity index (χ3v) is 4.84. The number of carbonyl (C=O) groups excluding carboxylic acids is 2.